The number of hydrogen-bond acceptors (Lipinski definition) is 5. The van der Waals surface area contributed by atoms with Gasteiger partial charge in [0.15, 0.2) is 11.4 Å². The van der Waals surface area contributed by atoms with Crippen LogP contribution < -0.4 is 0 Å². The highest BCUT2D eigenvalue weighted by Crippen LogP contribution is 2.27. The average Bonchev–Trinajstić information content (AvgIpc) is 2.45. The first kappa shape index (κ1) is 11.6. The van der Waals surface area contributed by atoms with Gasteiger partial charge in [0.1, 0.15) is 12.2 Å². The van der Waals surface area contributed by atoms with E-state index < -0.39 is 30.2 Å². The third-order valence-electron chi connectivity index (χ3n) is 2.50. The van der Waals surface area contributed by atoms with Gasteiger partial charge >= 0.3 is 0 Å². The van der Waals surface area contributed by atoms with Crippen LogP contribution in [0.3, 0.4) is 0 Å². The summed E-state index contributed by atoms with van der Waals surface area (Å²) in [5.74, 6) is -0.427. The van der Waals surface area contributed by atoms with Crippen molar-refractivity contribution in [2.75, 3.05) is 13.2 Å². The Balaban J connectivity index is 2.71. The van der Waals surface area contributed by atoms with Gasteiger partial charge in [0.05, 0.1) is 13.2 Å². The van der Waals surface area contributed by atoms with Crippen LogP contribution in [-0.2, 0) is 9.53 Å². The molecule has 0 aromatic carbocycles. The molecule has 1 aliphatic heterocycles. The number of Topliss-reactive ketones (excluding diaryl/α,β-unsaturated/α-hetero) is 1. The molecule has 5 nitrogen and oxygen atoms in total. The van der Waals surface area contributed by atoms with E-state index in [1.54, 1.807) is 0 Å². The molecule has 0 radical (unpaired) electrons. The van der Waals surface area contributed by atoms with Crippen molar-refractivity contribution in [2.45, 2.75) is 37.6 Å². The maximum absolute atomic E-state index is 11.5. The maximum atomic E-state index is 11.5. The van der Waals surface area contributed by atoms with Gasteiger partial charge in [0.2, 0.25) is 0 Å². The van der Waals surface area contributed by atoms with E-state index >= 15 is 0 Å². The smallest absolute Gasteiger partial charge is 0.174 e. The second-order valence-corrected chi connectivity index (χ2v) is 3.57. The molecule has 3 N–H and O–H groups in total. The van der Waals surface area contributed by atoms with E-state index in [2.05, 4.69) is 0 Å². The van der Waals surface area contributed by atoms with Crippen molar-refractivity contribution in [3.63, 3.8) is 0 Å². The molecule has 0 amide bonds. The molecule has 1 heterocycles. The van der Waals surface area contributed by atoms with Crippen LogP contribution in [0.1, 0.15) is 19.8 Å². The Kier molecular flexibility index (Phi) is 3.60. The van der Waals surface area contributed by atoms with Crippen molar-refractivity contribution < 1.29 is 24.9 Å². The highest BCUT2D eigenvalue weighted by atomic mass is 16.5. The molecule has 1 saturated heterocycles. The zero-order valence-electron chi connectivity index (χ0n) is 8.14. The molecular weight excluding hydrogens is 188 g/mol. The van der Waals surface area contributed by atoms with Gasteiger partial charge in [-0.05, 0) is 6.42 Å². The summed E-state index contributed by atoms with van der Waals surface area (Å²) in [4.78, 5) is 11.5. The van der Waals surface area contributed by atoms with Crippen molar-refractivity contribution in [2.24, 2.45) is 0 Å². The third kappa shape index (κ3) is 1.81. The standard InChI is InChI=1S/C9H16O5/c1-2-3-7(11)9(13)5-14-6(4-10)8(9)12/h6,8,10,12-13H,2-5H2,1H3/t6-,8-,9-/m1/s1. The summed E-state index contributed by atoms with van der Waals surface area (Å²) < 4.78 is 4.93. The quantitative estimate of drug-likeness (QED) is 0.537. The van der Waals surface area contributed by atoms with Crippen LogP contribution in [0.15, 0.2) is 0 Å². The van der Waals surface area contributed by atoms with Crippen molar-refractivity contribution in [3.8, 4) is 0 Å². The largest absolute Gasteiger partial charge is 0.394 e. The Hall–Kier alpha value is -0.490. The summed E-state index contributed by atoms with van der Waals surface area (Å²) in [5, 5.41) is 28.1. The minimum atomic E-state index is -1.83. The van der Waals surface area contributed by atoms with Gasteiger partial charge in [-0.1, -0.05) is 6.92 Å². The average molecular weight is 204 g/mol. The molecule has 82 valence electrons. The van der Waals surface area contributed by atoms with E-state index in [1.165, 1.54) is 0 Å². The van der Waals surface area contributed by atoms with Crippen LogP contribution in [0.4, 0.5) is 0 Å². The molecule has 0 bridgehead atoms. The molecule has 1 aliphatic rings. The van der Waals surface area contributed by atoms with E-state index in [1.807, 2.05) is 6.92 Å². The summed E-state index contributed by atoms with van der Waals surface area (Å²) in [6, 6.07) is 0. The summed E-state index contributed by atoms with van der Waals surface area (Å²) in [7, 11) is 0. The lowest BCUT2D eigenvalue weighted by Crippen LogP contribution is -2.51. The van der Waals surface area contributed by atoms with Crippen LogP contribution in [0, 0.1) is 0 Å². The fourth-order valence-corrected chi connectivity index (χ4v) is 1.56. The summed E-state index contributed by atoms with van der Waals surface area (Å²) >= 11 is 0. The molecule has 14 heavy (non-hydrogen) atoms. The lowest BCUT2D eigenvalue weighted by atomic mass is 9.90. The Morgan fingerprint density at radius 1 is 1.64 bits per heavy atom. The van der Waals surface area contributed by atoms with E-state index in [9.17, 15) is 15.0 Å². The van der Waals surface area contributed by atoms with E-state index in [0.29, 0.717) is 6.42 Å². The molecule has 5 heteroatoms. The number of rotatable bonds is 4. The second-order valence-electron chi connectivity index (χ2n) is 3.57. The number of carbonyl (C=O) groups is 1. The van der Waals surface area contributed by atoms with Crippen molar-refractivity contribution >= 4 is 5.78 Å². The van der Waals surface area contributed by atoms with Crippen LogP contribution in [-0.4, -0.2) is 52.1 Å². The number of ketones is 1. The van der Waals surface area contributed by atoms with Crippen molar-refractivity contribution in [1.82, 2.24) is 0 Å². The van der Waals surface area contributed by atoms with Gasteiger partial charge in [-0.15, -0.1) is 0 Å². The molecule has 0 aliphatic carbocycles. The predicted molar refractivity (Wildman–Crippen MR) is 47.7 cm³/mol. The summed E-state index contributed by atoms with van der Waals surface area (Å²) in [6.07, 6.45) is -1.38. The van der Waals surface area contributed by atoms with Gasteiger partial charge in [-0.3, -0.25) is 4.79 Å². The topological polar surface area (TPSA) is 87.0 Å². The monoisotopic (exact) mass is 204 g/mol. The van der Waals surface area contributed by atoms with E-state index in [-0.39, 0.29) is 13.0 Å². The Morgan fingerprint density at radius 2 is 2.29 bits per heavy atom. The van der Waals surface area contributed by atoms with Gasteiger partial charge in [-0.2, -0.15) is 0 Å². The Bertz CT molecular complexity index is 217. The minimum absolute atomic E-state index is 0.203. The molecule has 3 atom stereocenters. The van der Waals surface area contributed by atoms with Gasteiger partial charge < -0.3 is 20.1 Å². The fraction of sp³-hybridized carbons (Fsp3) is 0.889. The summed E-state index contributed by atoms with van der Waals surface area (Å²) in [5.41, 5.74) is -1.83. The molecule has 0 spiro atoms. The minimum Gasteiger partial charge on any atom is -0.394 e. The normalized spacial score (nSPS) is 37.4. The number of aliphatic hydroxyl groups excluding tert-OH is 2. The SMILES string of the molecule is CCCC(=O)[C@]1(O)CO[C@H](CO)[C@H]1O. The predicted octanol–water partition coefficient (Wildman–Crippen LogP) is -1.16. The molecule has 0 aromatic heterocycles. The first-order chi connectivity index (χ1) is 6.56. The maximum Gasteiger partial charge on any atom is 0.174 e. The van der Waals surface area contributed by atoms with Gasteiger partial charge in [-0.25, -0.2) is 0 Å². The fourth-order valence-electron chi connectivity index (χ4n) is 1.56. The van der Waals surface area contributed by atoms with Gasteiger partial charge in [0, 0.05) is 6.42 Å². The van der Waals surface area contributed by atoms with E-state index in [4.69, 9.17) is 9.84 Å². The molecule has 0 saturated carbocycles. The number of aliphatic hydroxyl groups is 3. The number of hydrogen-bond donors (Lipinski definition) is 3. The Morgan fingerprint density at radius 3 is 2.71 bits per heavy atom. The first-order valence-corrected chi connectivity index (χ1v) is 4.72. The zero-order valence-corrected chi connectivity index (χ0v) is 8.14. The van der Waals surface area contributed by atoms with Crippen LogP contribution in [0.5, 0.6) is 0 Å². The molecule has 1 fully saturated rings. The molecule has 0 aromatic rings. The second kappa shape index (κ2) is 4.35. The zero-order chi connectivity index (χ0) is 10.8. The van der Waals surface area contributed by atoms with Crippen LogP contribution in [0.25, 0.3) is 0 Å². The number of carbonyl (C=O) groups excluding carboxylic acids is 1. The van der Waals surface area contributed by atoms with Crippen LogP contribution in [0.2, 0.25) is 0 Å². The van der Waals surface area contributed by atoms with Crippen molar-refractivity contribution in [3.05, 3.63) is 0 Å². The van der Waals surface area contributed by atoms with Crippen molar-refractivity contribution in [1.29, 1.82) is 0 Å². The summed E-state index contributed by atoms with van der Waals surface area (Å²) in [6.45, 7) is 1.17. The molecule has 1 rings (SSSR count). The molecule has 0 unspecified atom stereocenters. The molecular formula is C9H16O5. The lowest BCUT2D eigenvalue weighted by molar-refractivity contribution is -0.145. The van der Waals surface area contributed by atoms with Gasteiger partial charge in [0.25, 0.3) is 0 Å². The first-order valence-electron chi connectivity index (χ1n) is 4.72. The highest BCUT2D eigenvalue weighted by molar-refractivity contribution is 5.88. The lowest BCUT2D eigenvalue weighted by Gasteiger charge is -2.24. The number of ether oxygens (including phenoxy) is 1. The van der Waals surface area contributed by atoms with E-state index in [0.717, 1.165) is 0 Å². The van der Waals surface area contributed by atoms with Crippen LogP contribution >= 0.6 is 0 Å². The highest BCUT2D eigenvalue weighted by Gasteiger charge is 2.52. The Labute approximate surface area is 82.3 Å². The third-order valence-corrected chi connectivity index (χ3v) is 2.50.